The first-order chi connectivity index (χ1) is 12.4. The Balaban J connectivity index is 1.70. The van der Waals surface area contributed by atoms with E-state index in [-0.39, 0.29) is 28.6 Å². The predicted molar refractivity (Wildman–Crippen MR) is 97.3 cm³/mol. The molecule has 1 heterocycles. The minimum absolute atomic E-state index is 0.000349. The Hall–Kier alpha value is -2.22. The molecule has 0 spiro atoms. The van der Waals surface area contributed by atoms with Crippen LogP contribution < -0.4 is 5.32 Å². The normalized spacial score (nSPS) is 16.0. The zero-order valence-electron chi connectivity index (χ0n) is 14.9. The summed E-state index contributed by atoms with van der Waals surface area (Å²) < 4.78 is 29.8. The molecule has 1 fully saturated rings. The molecule has 0 bridgehead atoms. The minimum Gasteiger partial charge on any atom is -0.403 e. The Bertz CT molecular complexity index is 866. The van der Waals surface area contributed by atoms with Crippen LogP contribution in [0.1, 0.15) is 46.0 Å². The Morgan fingerprint density at radius 2 is 1.77 bits per heavy atom. The van der Waals surface area contributed by atoms with Crippen LogP contribution in [0.2, 0.25) is 0 Å². The SMILES string of the molecule is CC(C)S(=O)(=O)c1ccc(-c2nnc(NC(=O)C3CCCCC3)o2)cc1. The van der Waals surface area contributed by atoms with Crippen LogP contribution in [0.15, 0.2) is 33.6 Å². The van der Waals surface area contributed by atoms with Gasteiger partial charge < -0.3 is 4.42 Å². The number of carbonyl (C=O) groups excluding carboxylic acids is 1. The van der Waals surface area contributed by atoms with Gasteiger partial charge in [-0.3, -0.25) is 10.1 Å². The highest BCUT2D eigenvalue weighted by Gasteiger charge is 2.23. The highest BCUT2D eigenvalue weighted by Crippen LogP contribution is 2.26. The molecule has 0 unspecified atom stereocenters. The van der Waals surface area contributed by atoms with Gasteiger partial charge in [0.15, 0.2) is 9.84 Å². The van der Waals surface area contributed by atoms with E-state index in [9.17, 15) is 13.2 Å². The fourth-order valence-electron chi connectivity index (χ4n) is 3.02. The Labute approximate surface area is 153 Å². The topological polar surface area (TPSA) is 102 Å². The van der Waals surface area contributed by atoms with Gasteiger partial charge in [0.25, 0.3) is 0 Å². The Morgan fingerprint density at radius 1 is 1.12 bits per heavy atom. The highest BCUT2D eigenvalue weighted by atomic mass is 32.2. The summed E-state index contributed by atoms with van der Waals surface area (Å²) in [5, 5.41) is 9.98. The molecular weight excluding hydrogens is 354 g/mol. The Kier molecular flexibility index (Phi) is 5.41. The zero-order chi connectivity index (χ0) is 18.7. The van der Waals surface area contributed by atoms with E-state index in [2.05, 4.69) is 15.5 Å². The molecule has 2 aromatic rings. The van der Waals surface area contributed by atoms with Crippen molar-refractivity contribution in [2.75, 3.05) is 5.32 Å². The molecule has 0 radical (unpaired) electrons. The molecule has 8 heteroatoms. The second kappa shape index (κ2) is 7.57. The number of sulfone groups is 1. The standard InChI is InChI=1S/C18H23N3O4S/c1-12(2)26(23,24)15-10-8-14(9-11-15)17-20-21-18(25-17)19-16(22)13-6-4-3-5-7-13/h8-13H,3-7H2,1-2H3,(H,19,21,22). The van der Waals surface area contributed by atoms with Crippen LogP contribution in [0.25, 0.3) is 11.5 Å². The molecular formula is C18H23N3O4S. The van der Waals surface area contributed by atoms with Crippen molar-refractivity contribution in [1.29, 1.82) is 0 Å². The van der Waals surface area contributed by atoms with Gasteiger partial charge in [-0.1, -0.05) is 24.4 Å². The molecule has 1 aliphatic carbocycles. The number of rotatable bonds is 5. The molecule has 26 heavy (non-hydrogen) atoms. The fourth-order valence-corrected chi connectivity index (χ4v) is 4.08. The maximum absolute atomic E-state index is 12.2. The minimum atomic E-state index is -3.32. The van der Waals surface area contributed by atoms with Gasteiger partial charge >= 0.3 is 6.01 Å². The van der Waals surface area contributed by atoms with Gasteiger partial charge in [-0.25, -0.2) is 8.42 Å². The van der Waals surface area contributed by atoms with Gasteiger partial charge in [0.2, 0.25) is 11.8 Å². The smallest absolute Gasteiger partial charge is 0.322 e. The van der Waals surface area contributed by atoms with Crippen LogP contribution in [0.3, 0.4) is 0 Å². The molecule has 0 atom stereocenters. The van der Waals surface area contributed by atoms with Crippen molar-refractivity contribution in [1.82, 2.24) is 10.2 Å². The average Bonchev–Trinajstić information content (AvgIpc) is 3.11. The highest BCUT2D eigenvalue weighted by molar-refractivity contribution is 7.92. The lowest BCUT2D eigenvalue weighted by molar-refractivity contribution is -0.120. The van der Waals surface area contributed by atoms with E-state index in [1.165, 1.54) is 18.6 Å². The van der Waals surface area contributed by atoms with Crippen LogP contribution in [0, 0.1) is 5.92 Å². The summed E-state index contributed by atoms with van der Waals surface area (Å²) in [4.78, 5) is 12.5. The first kappa shape index (κ1) is 18.6. The van der Waals surface area contributed by atoms with E-state index in [0.717, 1.165) is 25.7 Å². The third-order valence-electron chi connectivity index (χ3n) is 4.68. The van der Waals surface area contributed by atoms with Crippen LogP contribution in [-0.4, -0.2) is 29.8 Å². The molecule has 1 aromatic carbocycles. The van der Waals surface area contributed by atoms with Crippen molar-refractivity contribution in [3.8, 4) is 11.5 Å². The van der Waals surface area contributed by atoms with Crippen molar-refractivity contribution < 1.29 is 17.6 Å². The van der Waals surface area contributed by atoms with E-state index >= 15 is 0 Å². The summed E-state index contributed by atoms with van der Waals surface area (Å²) in [6.07, 6.45) is 5.09. The number of hydrogen-bond donors (Lipinski definition) is 1. The molecule has 1 aliphatic rings. The van der Waals surface area contributed by atoms with Gasteiger partial charge in [-0.15, -0.1) is 5.10 Å². The Morgan fingerprint density at radius 3 is 2.38 bits per heavy atom. The summed E-state index contributed by atoms with van der Waals surface area (Å²) in [5.74, 6) is 0.148. The van der Waals surface area contributed by atoms with Crippen LogP contribution in [0.5, 0.6) is 0 Å². The average molecular weight is 377 g/mol. The van der Waals surface area contributed by atoms with Gasteiger partial charge in [-0.2, -0.15) is 0 Å². The number of carbonyl (C=O) groups is 1. The lowest BCUT2D eigenvalue weighted by atomic mass is 9.89. The van der Waals surface area contributed by atoms with Crippen LogP contribution in [0.4, 0.5) is 6.01 Å². The molecule has 1 amide bonds. The van der Waals surface area contributed by atoms with Gasteiger partial charge in [-0.05, 0) is 51.0 Å². The van der Waals surface area contributed by atoms with Gasteiger partial charge in [0.05, 0.1) is 10.1 Å². The first-order valence-corrected chi connectivity index (χ1v) is 10.4. The number of benzene rings is 1. The third-order valence-corrected chi connectivity index (χ3v) is 6.85. The lowest BCUT2D eigenvalue weighted by Gasteiger charge is -2.19. The summed E-state index contributed by atoms with van der Waals surface area (Å²) in [5.41, 5.74) is 0.596. The summed E-state index contributed by atoms with van der Waals surface area (Å²) in [6, 6.07) is 6.35. The number of aromatic nitrogens is 2. The second-order valence-corrected chi connectivity index (χ2v) is 9.36. The molecule has 0 aliphatic heterocycles. The van der Waals surface area contributed by atoms with Crippen molar-refractivity contribution in [3.05, 3.63) is 24.3 Å². The number of anilines is 1. The number of nitrogens with one attached hydrogen (secondary N) is 1. The summed E-state index contributed by atoms with van der Waals surface area (Å²) >= 11 is 0. The summed E-state index contributed by atoms with van der Waals surface area (Å²) in [6.45, 7) is 3.28. The monoisotopic (exact) mass is 377 g/mol. The van der Waals surface area contributed by atoms with Gasteiger partial charge in [0.1, 0.15) is 0 Å². The number of hydrogen-bond acceptors (Lipinski definition) is 6. The predicted octanol–water partition coefficient (Wildman–Crippen LogP) is 3.44. The van der Waals surface area contributed by atoms with Crippen LogP contribution in [-0.2, 0) is 14.6 Å². The zero-order valence-corrected chi connectivity index (χ0v) is 15.8. The van der Waals surface area contributed by atoms with E-state index < -0.39 is 15.1 Å². The number of nitrogens with zero attached hydrogens (tertiary/aromatic N) is 2. The largest absolute Gasteiger partial charge is 0.403 e. The first-order valence-electron chi connectivity index (χ1n) is 8.86. The van der Waals surface area contributed by atoms with Crippen molar-refractivity contribution in [3.63, 3.8) is 0 Å². The molecule has 3 rings (SSSR count). The van der Waals surface area contributed by atoms with Crippen molar-refractivity contribution >= 4 is 21.8 Å². The molecule has 140 valence electrons. The lowest BCUT2D eigenvalue weighted by Crippen LogP contribution is -2.24. The fraction of sp³-hybridized carbons (Fsp3) is 0.500. The molecule has 7 nitrogen and oxygen atoms in total. The molecule has 1 N–H and O–H groups in total. The van der Waals surface area contributed by atoms with E-state index in [1.807, 2.05) is 0 Å². The van der Waals surface area contributed by atoms with E-state index in [4.69, 9.17) is 4.42 Å². The van der Waals surface area contributed by atoms with Gasteiger partial charge in [0, 0.05) is 11.5 Å². The van der Waals surface area contributed by atoms with Crippen molar-refractivity contribution in [2.45, 2.75) is 56.1 Å². The second-order valence-electron chi connectivity index (χ2n) is 6.85. The summed E-state index contributed by atoms with van der Waals surface area (Å²) in [7, 11) is -3.32. The molecule has 1 saturated carbocycles. The molecule has 1 aromatic heterocycles. The third kappa shape index (κ3) is 3.95. The quantitative estimate of drug-likeness (QED) is 0.856. The molecule has 0 saturated heterocycles. The number of amides is 1. The van der Waals surface area contributed by atoms with Crippen molar-refractivity contribution in [2.24, 2.45) is 5.92 Å². The van der Waals surface area contributed by atoms with E-state index in [0.29, 0.717) is 5.56 Å². The van der Waals surface area contributed by atoms with Crippen LogP contribution >= 0.6 is 0 Å². The van der Waals surface area contributed by atoms with E-state index in [1.54, 1.807) is 26.0 Å². The maximum atomic E-state index is 12.2. The maximum Gasteiger partial charge on any atom is 0.322 e.